The van der Waals surface area contributed by atoms with Gasteiger partial charge < -0.3 is 9.84 Å². The lowest BCUT2D eigenvalue weighted by Gasteiger charge is -2.09. The van der Waals surface area contributed by atoms with Crippen LogP contribution in [0.1, 0.15) is 22.8 Å². The average molecular weight is 319 g/mol. The third-order valence-corrected chi connectivity index (χ3v) is 4.26. The van der Waals surface area contributed by atoms with E-state index in [1.165, 1.54) is 5.56 Å². The minimum Gasteiger partial charge on any atom is -0.489 e. The first-order valence-corrected chi connectivity index (χ1v) is 7.27. The number of halogens is 1. The predicted molar refractivity (Wildman–Crippen MR) is 78.6 cm³/mol. The molecule has 0 heterocycles. The molecule has 2 aromatic rings. The summed E-state index contributed by atoms with van der Waals surface area (Å²) in [5.41, 5.74) is 3.33. The Labute approximate surface area is 121 Å². The molecule has 2 aromatic carbocycles. The maximum absolute atomic E-state index is 9.96. The third-order valence-electron chi connectivity index (χ3n) is 3.44. The quantitative estimate of drug-likeness (QED) is 0.876. The molecule has 0 bridgehead atoms. The molecule has 2 unspecified atom stereocenters. The monoisotopic (exact) mass is 318 g/mol. The Kier molecular flexibility index (Phi) is 3.58. The first kappa shape index (κ1) is 12.7. The lowest BCUT2D eigenvalue weighted by molar-refractivity contribution is 0.187. The van der Waals surface area contributed by atoms with E-state index in [-0.39, 0.29) is 4.83 Å². The van der Waals surface area contributed by atoms with E-state index in [1.54, 1.807) is 0 Å². The molecule has 2 nitrogen and oxygen atoms in total. The molecule has 1 aliphatic rings. The number of aliphatic hydroxyl groups is 1. The molecule has 0 aliphatic heterocycles. The van der Waals surface area contributed by atoms with Gasteiger partial charge in [0.05, 0.1) is 6.10 Å². The van der Waals surface area contributed by atoms with E-state index in [2.05, 4.69) is 15.9 Å². The summed E-state index contributed by atoms with van der Waals surface area (Å²) in [4.78, 5) is 0.117. The van der Waals surface area contributed by atoms with Gasteiger partial charge in [-0.05, 0) is 35.2 Å². The Morgan fingerprint density at radius 1 is 1.16 bits per heavy atom. The summed E-state index contributed by atoms with van der Waals surface area (Å²) in [5.74, 6) is 0.858. The van der Waals surface area contributed by atoms with Crippen LogP contribution in [0.5, 0.6) is 5.75 Å². The van der Waals surface area contributed by atoms with Crippen molar-refractivity contribution in [3.8, 4) is 5.75 Å². The minimum atomic E-state index is -0.404. The first-order chi connectivity index (χ1) is 9.24. The van der Waals surface area contributed by atoms with Crippen LogP contribution in [0.3, 0.4) is 0 Å². The summed E-state index contributed by atoms with van der Waals surface area (Å²) >= 11 is 3.49. The van der Waals surface area contributed by atoms with Crippen LogP contribution < -0.4 is 4.74 Å². The topological polar surface area (TPSA) is 29.5 Å². The highest BCUT2D eigenvalue weighted by molar-refractivity contribution is 9.09. The fourth-order valence-electron chi connectivity index (χ4n) is 2.39. The Bertz CT molecular complexity index is 568. The molecule has 2 atom stereocenters. The number of benzene rings is 2. The highest BCUT2D eigenvalue weighted by Gasteiger charge is 2.28. The second kappa shape index (κ2) is 5.35. The van der Waals surface area contributed by atoms with Crippen molar-refractivity contribution in [2.75, 3.05) is 0 Å². The molecule has 19 heavy (non-hydrogen) atoms. The van der Waals surface area contributed by atoms with Crippen LogP contribution in [-0.4, -0.2) is 9.93 Å². The zero-order valence-corrected chi connectivity index (χ0v) is 12.0. The first-order valence-electron chi connectivity index (χ1n) is 6.36. The van der Waals surface area contributed by atoms with E-state index < -0.39 is 6.10 Å². The second-order valence-electron chi connectivity index (χ2n) is 4.80. The van der Waals surface area contributed by atoms with E-state index in [1.807, 2.05) is 48.5 Å². The standard InChI is InChI=1S/C16H15BrO2/c17-15-9-12-8-13(6-7-14(12)16(15)18)19-10-11-4-2-1-3-5-11/h1-8,15-16,18H,9-10H2. The van der Waals surface area contributed by atoms with Crippen LogP contribution in [-0.2, 0) is 13.0 Å². The van der Waals surface area contributed by atoms with Crippen molar-refractivity contribution >= 4 is 15.9 Å². The molecule has 0 amide bonds. The summed E-state index contributed by atoms with van der Waals surface area (Å²) in [6, 6.07) is 16.0. The van der Waals surface area contributed by atoms with Gasteiger partial charge in [0, 0.05) is 4.83 Å². The average Bonchev–Trinajstić information content (AvgIpc) is 2.73. The third kappa shape index (κ3) is 2.67. The van der Waals surface area contributed by atoms with E-state index in [4.69, 9.17) is 4.74 Å². The Morgan fingerprint density at radius 2 is 1.95 bits per heavy atom. The number of fused-ring (bicyclic) bond motifs is 1. The van der Waals surface area contributed by atoms with Crippen LogP contribution in [0.4, 0.5) is 0 Å². The van der Waals surface area contributed by atoms with E-state index in [9.17, 15) is 5.11 Å². The number of rotatable bonds is 3. The second-order valence-corrected chi connectivity index (χ2v) is 5.98. The van der Waals surface area contributed by atoms with Crippen molar-refractivity contribution in [2.24, 2.45) is 0 Å². The Hall–Kier alpha value is -1.32. The molecule has 0 saturated heterocycles. The van der Waals surface area contributed by atoms with Gasteiger partial charge in [0.2, 0.25) is 0 Å². The zero-order valence-electron chi connectivity index (χ0n) is 10.4. The SMILES string of the molecule is OC1c2ccc(OCc3ccccc3)cc2CC1Br. The van der Waals surface area contributed by atoms with E-state index >= 15 is 0 Å². The number of ether oxygens (including phenoxy) is 1. The highest BCUT2D eigenvalue weighted by atomic mass is 79.9. The lowest BCUT2D eigenvalue weighted by atomic mass is 10.1. The van der Waals surface area contributed by atoms with Crippen LogP contribution in [0.15, 0.2) is 48.5 Å². The van der Waals surface area contributed by atoms with Gasteiger partial charge in [0.1, 0.15) is 12.4 Å². The molecule has 1 N–H and O–H groups in total. The van der Waals surface area contributed by atoms with Crippen molar-refractivity contribution in [1.29, 1.82) is 0 Å². The molecule has 0 saturated carbocycles. The van der Waals surface area contributed by atoms with Gasteiger partial charge >= 0.3 is 0 Å². The summed E-state index contributed by atoms with van der Waals surface area (Å²) in [7, 11) is 0. The van der Waals surface area contributed by atoms with Gasteiger partial charge in [-0.25, -0.2) is 0 Å². The molecule has 0 fully saturated rings. The molecular weight excluding hydrogens is 304 g/mol. The minimum absolute atomic E-state index is 0.117. The fourth-order valence-corrected chi connectivity index (χ4v) is 3.03. The highest BCUT2D eigenvalue weighted by Crippen LogP contribution is 2.37. The maximum Gasteiger partial charge on any atom is 0.120 e. The van der Waals surface area contributed by atoms with Crippen LogP contribution >= 0.6 is 15.9 Å². The molecule has 0 spiro atoms. The molecule has 0 aromatic heterocycles. The Morgan fingerprint density at radius 3 is 2.74 bits per heavy atom. The molecule has 3 heteroatoms. The summed E-state index contributed by atoms with van der Waals surface area (Å²) in [5, 5.41) is 9.96. The largest absolute Gasteiger partial charge is 0.489 e. The number of hydrogen-bond acceptors (Lipinski definition) is 2. The lowest BCUT2D eigenvalue weighted by Crippen LogP contribution is -2.03. The van der Waals surface area contributed by atoms with Crippen LogP contribution in [0, 0.1) is 0 Å². The van der Waals surface area contributed by atoms with Crippen LogP contribution in [0.2, 0.25) is 0 Å². The maximum atomic E-state index is 9.96. The molecule has 98 valence electrons. The Balaban J connectivity index is 1.72. The van der Waals surface area contributed by atoms with Gasteiger partial charge in [0.15, 0.2) is 0 Å². The van der Waals surface area contributed by atoms with Gasteiger partial charge in [-0.1, -0.05) is 52.3 Å². The van der Waals surface area contributed by atoms with Gasteiger partial charge in [-0.3, -0.25) is 0 Å². The van der Waals surface area contributed by atoms with Gasteiger partial charge in [-0.2, -0.15) is 0 Å². The number of hydrogen-bond donors (Lipinski definition) is 1. The van der Waals surface area contributed by atoms with E-state index in [0.29, 0.717) is 6.61 Å². The predicted octanol–water partition coefficient (Wildman–Crippen LogP) is 3.62. The van der Waals surface area contributed by atoms with Gasteiger partial charge in [-0.15, -0.1) is 0 Å². The van der Waals surface area contributed by atoms with Crippen molar-refractivity contribution in [1.82, 2.24) is 0 Å². The normalized spacial score (nSPS) is 21.2. The van der Waals surface area contributed by atoms with Crippen molar-refractivity contribution in [3.63, 3.8) is 0 Å². The number of alkyl halides is 1. The van der Waals surface area contributed by atoms with E-state index in [0.717, 1.165) is 23.3 Å². The molecule has 1 aliphatic carbocycles. The molecule has 3 rings (SSSR count). The smallest absolute Gasteiger partial charge is 0.120 e. The number of aliphatic hydroxyl groups excluding tert-OH is 1. The zero-order chi connectivity index (χ0) is 13.2. The molecular formula is C16H15BrO2. The summed E-state index contributed by atoms with van der Waals surface area (Å²) in [6.45, 7) is 0.569. The van der Waals surface area contributed by atoms with Crippen molar-refractivity contribution in [3.05, 3.63) is 65.2 Å². The fraction of sp³-hybridized carbons (Fsp3) is 0.250. The van der Waals surface area contributed by atoms with Gasteiger partial charge in [0.25, 0.3) is 0 Å². The van der Waals surface area contributed by atoms with Crippen LogP contribution in [0.25, 0.3) is 0 Å². The summed E-state index contributed by atoms with van der Waals surface area (Å²) < 4.78 is 5.79. The summed E-state index contributed by atoms with van der Waals surface area (Å²) in [6.07, 6.45) is 0.442. The van der Waals surface area contributed by atoms with Crippen molar-refractivity contribution in [2.45, 2.75) is 24.0 Å². The molecule has 0 radical (unpaired) electrons. The van der Waals surface area contributed by atoms with Crippen molar-refractivity contribution < 1.29 is 9.84 Å².